The maximum Gasteiger partial charge on any atom is 0.220 e. The number of hydrogen-bond donors (Lipinski definition) is 2. The van der Waals surface area contributed by atoms with Gasteiger partial charge in [-0.15, -0.1) is 12.4 Å². The van der Waals surface area contributed by atoms with E-state index in [2.05, 4.69) is 29.7 Å². The zero-order chi connectivity index (χ0) is 14.2. The Bertz CT molecular complexity index is 405. The molecule has 1 heterocycles. The van der Waals surface area contributed by atoms with E-state index in [4.69, 9.17) is 0 Å². The van der Waals surface area contributed by atoms with Crippen LogP contribution in [0.4, 0.5) is 0 Å². The highest BCUT2D eigenvalue weighted by molar-refractivity contribution is 5.85. The van der Waals surface area contributed by atoms with Crippen LogP contribution in [0.15, 0.2) is 30.3 Å². The third kappa shape index (κ3) is 6.49. The first-order valence-corrected chi connectivity index (χ1v) is 7.77. The number of amides is 1. The monoisotopic (exact) mass is 310 g/mol. The van der Waals surface area contributed by atoms with E-state index < -0.39 is 0 Å². The van der Waals surface area contributed by atoms with E-state index in [0.717, 1.165) is 26.1 Å². The van der Waals surface area contributed by atoms with Crippen molar-refractivity contribution in [2.24, 2.45) is 11.8 Å². The van der Waals surface area contributed by atoms with Crippen molar-refractivity contribution in [1.82, 2.24) is 10.6 Å². The van der Waals surface area contributed by atoms with Crippen LogP contribution in [-0.2, 0) is 11.2 Å². The minimum Gasteiger partial charge on any atom is -0.356 e. The van der Waals surface area contributed by atoms with Crippen molar-refractivity contribution >= 4 is 18.3 Å². The molecule has 0 spiro atoms. The SMILES string of the molecule is CC(CC(=O)NCCc1ccccc1)C1CCCNC1.Cl. The molecule has 4 heteroatoms. The lowest BCUT2D eigenvalue weighted by atomic mass is 9.85. The fourth-order valence-corrected chi connectivity index (χ4v) is 2.89. The second-order valence-electron chi connectivity index (χ2n) is 5.87. The average Bonchev–Trinajstić information content (AvgIpc) is 2.49. The lowest BCUT2D eigenvalue weighted by Crippen LogP contribution is -2.36. The number of nitrogens with one attached hydrogen (secondary N) is 2. The molecule has 2 N–H and O–H groups in total. The predicted molar refractivity (Wildman–Crippen MR) is 89.8 cm³/mol. The third-order valence-electron chi connectivity index (χ3n) is 4.23. The molecule has 3 nitrogen and oxygen atoms in total. The van der Waals surface area contributed by atoms with Crippen molar-refractivity contribution in [3.8, 4) is 0 Å². The van der Waals surface area contributed by atoms with Gasteiger partial charge in [0, 0.05) is 13.0 Å². The van der Waals surface area contributed by atoms with Gasteiger partial charge in [-0.25, -0.2) is 0 Å². The smallest absolute Gasteiger partial charge is 0.220 e. The molecule has 2 rings (SSSR count). The molecule has 1 aromatic rings. The number of hydrogen-bond acceptors (Lipinski definition) is 2. The van der Waals surface area contributed by atoms with Crippen molar-refractivity contribution in [2.45, 2.75) is 32.6 Å². The second-order valence-corrected chi connectivity index (χ2v) is 5.87. The maximum absolute atomic E-state index is 12.0. The van der Waals surface area contributed by atoms with Gasteiger partial charge >= 0.3 is 0 Å². The zero-order valence-corrected chi connectivity index (χ0v) is 13.6. The van der Waals surface area contributed by atoms with Crippen molar-refractivity contribution in [3.05, 3.63) is 35.9 Å². The summed E-state index contributed by atoms with van der Waals surface area (Å²) in [6.07, 6.45) is 4.06. The largest absolute Gasteiger partial charge is 0.356 e. The first kappa shape index (κ1) is 18.0. The van der Waals surface area contributed by atoms with Gasteiger partial charge in [0.25, 0.3) is 0 Å². The highest BCUT2D eigenvalue weighted by atomic mass is 35.5. The van der Waals surface area contributed by atoms with Crippen LogP contribution in [-0.4, -0.2) is 25.5 Å². The van der Waals surface area contributed by atoms with Gasteiger partial charge in [-0.1, -0.05) is 37.3 Å². The molecule has 0 aliphatic carbocycles. The Balaban J connectivity index is 0.00000220. The van der Waals surface area contributed by atoms with E-state index in [9.17, 15) is 4.79 Å². The Morgan fingerprint density at radius 3 is 2.81 bits per heavy atom. The molecule has 1 aliphatic rings. The fourth-order valence-electron chi connectivity index (χ4n) is 2.89. The van der Waals surface area contributed by atoms with Crippen molar-refractivity contribution in [1.29, 1.82) is 0 Å². The van der Waals surface area contributed by atoms with Crippen LogP contribution < -0.4 is 10.6 Å². The van der Waals surface area contributed by atoms with E-state index in [1.165, 1.54) is 18.4 Å². The molecule has 1 aromatic carbocycles. The van der Waals surface area contributed by atoms with Crippen molar-refractivity contribution < 1.29 is 4.79 Å². The Morgan fingerprint density at radius 2 is 2.14 bits per heavy atom. The summed E-state index contributed by atoms with van der Waals surface area (Å²) >= 11 is 0. The van der Waals surface area contributed by atoms with E-state index in [1.807, 2.05) is 18.2 Å². The number of benzene rings is 1. The average molecular weight is 311 g/mol. The van der Waals surface area contributed by atoms with Crippen LogP contribution in [0.1, 0.15) is 31.7 Å². The maximum atomic E-state index is 12.0. The summed E-state index contributed by atoms with van der Waals surface area (Å²) < 4.78 is 0. The molecule has 2 atom stereocenters. The van der Waals surface area contributed by atoms with Gasteiger partial charge in [0.1, 0.15) is 0 Å². The summed E-state index contributed by atoms with van der Waals surface area (Å²) in [6, 6.07) is 10.3. The number of carbonyl (C=O) groups is 1. The molecule has 1 fully saturated rings. The van der Waals surface area contributed by atoms with Crippen LogP contribution in [0, 0.1) is 11.8 Å². The predicted octanol–water partition coefficient (Wildman–Crippen LogP) is 2.79. The van der Waals surface area contributed by atoms with E-state index in [0.29, 0.717) is 18.3 Å². The Hall–Kier alpha value is -1.06. The molecule has 2 unspecified atom stereocenters. The summed E-state index contributed by atoms with van der Waals surface area (Å²) in [5, 5.41) is 6.46. The van der Waals surface area contributed by atoms with Crippen LogP contribution in [0.2, 0.25) is 0 Å². The first-order chi connectivity index (χ1) is 9.75. The van der Waals surface area contributed by atoms with Crippen molar-refractivity contribution in [2.75, 3.05) is 19.6 Å². The molecule has 21 heavy (non-hydrogen) atoms. The van der Waals surface area contributed by atoms with Gasteiger partial charge in [-0.3, -0.25) is 4.79 Å². The number of rotatable bonds is 6. The fraction of sp³-hybridized carbons (Fsp3) is 0.588. The van der Waals surface area contributed by atoms with E-state index in [1.54, 1.807) is 0 Å². The Labute approximate surface area is 134 Å². The zero-order valence-electron chi connectivity index (χ0n) is 12.8. The van der Waals surface area contributed by atoms with Crippen LogP contribution in [0.5, 0.6) is 0 Å². The van der Waals surface area contributed by atoms with Gasteiger partial charge < -0.3 is 10.6 Å². The van der Waals surface area contributed by atoms with Gasteiger partial charge in [0.05, 0.1) is 0 Å². The third-order valence-corrected chi connectivity index (χ3v) is 4.23. The second kappa shape index (κ2) is 9.80. The molecule has 0 radical (unpaired) electrons. The highest BCUT2D eigenvalue weighted by Crippen LogP contribution is 2.22. The molecule has 118 valence electrons. The Kier molecular flexibility index (Phi) is 8.40. The molecule has 1 saturated heterocycles. The van der Waals surface area contributed by atoms with Gasteiger partial charge in [-0.05, 0) is 49.8 Å². The summed E-state index contributed by atoms with van der Waals surface area (Å²) in [4.78, 5) is 12.0. The quantitative estimate of drug-likeness (QED) is 0.848. The molecular weight excluding hydrogens is 284 g/mol. The summed E-state index contributed by atoms with van der Waals surface area (Å²) in [5.41, 5.74) is 1.28. The summed E-state index contributed by atoms with van der Waals surface area (Å²) in [6.45, 7) is 5.14. The van der Waals surface area contributed by atoms with E-state index >= 15 is 0 Å². The van der Waals surface area contributed by atoms with Crippen LogP contribution >= 0.6 is 12.4 Å². The molecule has 1 aliphatic heterocycles. The van der Waals surface area contributed by atoms with Crippen molar-refractivity contribution in [3.63, 3.8) is 0 Å². The van der Waals surface area contributed by atoms with Gasteiger partial charge in [0.2, 0.25) is 5.91 Å². The summed E-state index contributed by atoms with van der Waals surface area (Å²) in [5.74, 6) is 1.32. The molecule has 0 bridgehead atoms. The standard InChI is InChI=1S/C17H26N2O.ClH/c1-14(16-8-5-10-18-13-16)12-17(20)19-11-9-15-6-3-2-4-7-15;/h2-4,6-7,14,16,18H,5,8-13H2,1H3,(H,19,20);1H. The van der Waals surface area contributed by atoms with Gasteiger partial charge in [0.15, 0.2) is 0 Å². The lowest BCUT2D eigenvalue weighted by molar-refractivity contribution is -0.122. The normalized spacial score (nSPS) is 19.4. The van der Waals surface area contributed by atoms with Gasteiger partial charge in [-0.2, -0.15) is 0 Å². The van der Waals surface area contributed by atoms with E-state index in [-0.39, 0.29) is 18.3 Å². The molecular formula is C17H27ClN2O. The Morgan fingerprint density at radius 1 is 1.38 bits per heavy atom. The van der Waals surface area contributed by atoms with Crippen LogP contribution in [0.3, 0.4) is 0 Å². The summed E-state index contributed by atoms with van der Waals surface area (Å²) in [7, 11) is 0. The first-order valence-electron chi connectivity index (χ1n) is 7.77. The molecule has 0 saturated carbocycles. The topological polar surface area (TPSA) is 41.1 Å². The number of carbonyl (C=O) groups excluding carboxylic acids is 1. The molecule has 0 aromatic heterocycles. The van der Waals surface area contributed by atoms with Crippen LogP contribution in [0.25, 0.3) is 0 Å². The molecule has 1 amide bonds. The minimum absolute atomic E-state index is 0. The lowest BCUT2D eigenvalue weighted by Gasteiger charge is -2.28. The number of piperidine rings is 1. The minimum atomic E-state index is 0. The number of halogens is 1. The highest BCUT2D eigenvalue weighted by Gasteiger charge is 2.21.